The van der Waals surface area contributed by atoms with Gasteiger partial charge in [-0.15, -0.1) is 0 Å². The molecule has 0 N–H and O–H groups in total. The zero-order valence-electron chi connectivity index (χ0n) is 48.2. The fraction of sp³-hybridized carbons (Fsp3) is 0.719. The lowest BCUT2D eigenvalue weighted by atomic mass is 9.68. The van der Waals surface area contributed by atoms with Crippen molar-refractivity contribution in [3.05, 3.63) is 29.8 Å². The van der Waals surface area contributed by atoms with Crippen LogP contribution in [-0.4, -0.2) is 165 Å². The van der Waals surface area contributed by atoms with Gasteiger partial charge in [0.1, 0.15) is 43.4 Å². The zero-order chi connectivity index (χ0) is 59.1. The molecule has 0 aromatic heterocycles. The molecule has 1 aromatic rings. The Bertz CT molecular complexity index is 2230. The first kappa shape index (κ1) is 66.3. The first-order valence-electron chi connectivity index (χ1n) is 27.9. The molecular weight excluding hydrogens is 1050 g/mol. The van der Waals surface area contributed by atoms with Gasteiger partial charge in [0.05, 0.1) is 6.61 Å². The standard InChI is InChI=1S/C57H84N2O21/c1-11-12-13-14-15-16-17-18-19-20-21-22-23-24-25-26-31-70-43-29-27-42(28-30-43)32-57(54(67)58(9)56(69)59(10)55(57)68)52-50(76-40(7)65)48(74-38(5)63)47(44(78-52)33-71-35(2)60)80-53-51(77-41(8)66)49(75-39(6)64)46(73-37(4)62)45(79-53)34-72-36(3)61/h27-30,44-53H,11-26,31-34H2,1-10H3/t44-,45-,46-,47-,48+,49+,50-,51-,52-,53-/m1/s1. The molecule has 3 saturated heterocycles. The first-order valence-corrected chi connectivity index (χ1v) is 27.9. The van der Waals surface area contributed by atoms with E-state index in [4.69, 9.17) is 52.1 Å². The molecule has 0 aliphatic carbocycles. The van der Waals surface area contributed by atoms with E-state index in [1.165, 1.54) is 77.0 Å². The highest BCUT2D eigenvalue weighted by molar-refractivity contribution is 6.19. The number of unbranched alkanes of at least 4 members (excludes halogenated alkanes) is 15. The molecule has 0 spiro atoms. The number of imide groups is 2. The average Bonchev–Trinajstić information content (AvgIpc) is 3.59. The van der Waals surface area contributed by atoms with Crippen LogP contribution in [-0.2, 0) is 96.9 Å². The molecule has 3 aliphatic rings. The van der Waals surface area contributed by atoms with Crippen molar-refractivity contribution in [3.63, 3.8) is 0 Å². The maximum atomic E-state index is 15.0. The fourth-order valence-corrected chi connectivity index (χ4v) is 10.4. The van der Waals surface area contributed by atoms with Gasteiger partial charge < -0.3 is 52.1 Å². The number of benzene rings is 1. The van der Waals surface area contributed by atoms with E-state index in [2.05, 4.69) is 6.92 Å². The van der Waals surface area contributed by atoms with Crippen molar-refractivity contribution in [2.75, 3.05) is 33.9 Å². The monoisotopic (exact) mass is 1130 g/mol. The summed E-state index contributed by atoms with van der Waals surface area (Å²) in [5.74, 6) is -8.35. The van der Waals surface area contributed by atoms with Gasteiger partial charge >= 0.3 is 47.8 Å². The summed E-state index contributed by atoms with van der Waals surface area (Å²) in [6, 6.07) is 5.52. The van der Waals surface area contributed by atoms with Crippen LogP contribution >= 0.6 is 0 Å². The number of amides is 4. The highest BCUT2D eigenvalue weighted by atomic mass is 16.8. The molecule has 10 atom stereocenters. The summed E-state index contributed by atoms with van der Waals surface area (Å²) in [6.07, 6.45) is 0.946. The van der Waals surface area contributed by atoms with Gasteiger partial charge in [-0.05, 0) is 30.5 Å². The third kappa shape index (κ3) is 19.5. The molecule has 0 saturated carbocycles. The SMILES string of the molecule is CCCCCCCCCCCCCCCCCCOc1ccc(CC2([C@@H]3O[C@H](COC(C)=O)[C@@H](O[C@H]4O[C@H](COC(C)=O)[C@@H](OC(C)=O)[C@H](OC(C)=O)[C@H]4OC(C)=O)[C@H](OC(C)=O)[C@H]3OC(C)=O)C(=O)N(C)C(=O)N(C)C2=O)cc1. The van der Waals surface area contributed by atoms with Gasteiger partial charge in [-0.1, -0.05) is 115 Å². The Balaban J connectivity index is 1.67. The van der Waals surface area contributed by atoms with Gasteiger partial charge in [0.25, 0.3) is 0 Å². The molecule has 3 fully saturated rings. The smallest absolute Gasteiger partial charge is 0.332 e. The van der Waals surface area contributed by atoms with Crippen molar-refractivity contribution in [1.82, 2.24) is 9.80 Å². The molecule has 4 rings (SSSR count). The number of hydrogen-bond acceptors (Lipinski definition) is 21. The molecule has 23 nitrogen and oxygen atoms in total. The van der Waals surface area contributed by atoms with Gasteiger partial charge in [-0.25, -0.2) is 4.79 Å². The van der Waals surface area contributed by atoms with Crippen molar-refractivity contribution in [2.24, 2.45) is 5.41 Å². The molecule has 1 aromatic carbocycles. The number of rotatable bonds is 32. The lowest BCUT2D eigenvalue weighted by molar-refractivity contribution is -0.348. The van der Waals surface area contributed by atoms with E-state index in [0.717, 1.165) is 88.2 Å². The van der Waals surface area contributed by atoms with Crippen LogP contribution in [0.5, 0.6) is 5.75 Å². The lowest BCUT2D eigenvalue weighted by Crippen LogP contribution is -2.75. The lowest BCUT2D eigenvalue weighted by Gasteiger charge is -2.53. The summed E-state index contributed by atoms with van der Waals surface area (Å²) >= 11 is 0. The van der Waals surface area contributed by atoms with Crippen LogP contribution in [0.4, 0.5) is 4.79 Å². The van der Waals surface area contributed by atoms with E-state index < -0.39 is 146 Å². The number of ether oxygens (including phenoxy) is 11. The highest BCUT2D eigenvalue weighted by Crippen LogP contribution is 2.45. The summed E-state index contributed by atoms with van der Waals surface area (Å²) < 4.78 is 64.5. The van der Waals surface area contributed by atoms with E-state index in [0.29, 0.717) is 27.7 Å². The summed E-state index contributed by atoms with van der Waals surface area (Å²) in [7, 11) is 2.27. The quantitative estimate of drug-likeness (QED) is 0.0319. The second-order valence-electron chi connectivity index (χ2n) is 20.7. The van der Waals surface area contributed by atoms with E-state index in [-0.39, 0.29) is 0 Å². The number of nitrogens with zero attached hydrogens (tertiary/aromatic N) is 2. The predicted molar refractivity (Wildman–Crippen MR) is 282 cm³/mol. The van der Waals surface area contributed by atoms with Crippen LogP contribution in [0.15, 0.2) is 24.3 Å². The van der Waals surface area contributed by atoms with Crippen molar-refractivity contribution < 1.29 is 100 Å². The van der Waals surface area contributed by atoms with E-state index >= 15 is 9.59 Å². The number of carbonyl (C=O) groups excluding carboxylic acids is 10. The van der Waals surface area contributed by atoms with Crippen LogP contribution < -0.4 is 4.74 Å². The summed E-state index contributed by atoms with van der Waals surface area (Å²) in [6.45, 7) is 8.35. The van der Waals surface area contributed by atoms with Crippen LogP contribution in [0, 0.1) is 5.41 Å². The fourth-order valence-electron chi connectivity index (χ4n) is 10.4. The normalized spacial score (nSPS) is 24.6. The van der Waals surface area contributed by atoms with E-state index in [9.17, 15) is 38.4 Å². The Kier molecular flexibility index (Phi) is 27.3. The molecule has 23 heteroatoms. The van der Waals surface area contributed by atoms with Crippen LogP contribution in [0.3, 0.4) is 0 Å². The predicted octanol–water partition coefficient (Wildman–Crippen LogP) is 6.57. The molecule has 80 heavy (non-hydrogen) atoms. The minimum absolute atomic E-state index is 0.347. The zero-order valence-corrected chi connectivity index (χ0v) is 48.2. The van der Waals surface area contributed by atoms with E-state index in [1.54, 1.807) is 24.3 Å². The maximum Gasteiger partial charge on any atom is 0.332 e. The molecular formula is C57H84N2O21. The Labute approximate surface area is 468 Å². The molecule has 448 valence electrons. The Morgan fingerprint density at radius 1 is 0.475 bits per heavy atom. The van der Waals surface area contributed by atoms with Gasteiger partial charge in [-0.2, -0.15) is 0 Å². The number of barbiturate groups is 1. The number of carbonyl (C=O) groups is 10. The van der Waals surface area contributed by atoms with Crippen LogP contribution in [0.1, 0.15) is 164 Å². The summed E-state index contributed by atoms with van der Waals surface area (Å²) in [4.78, 5) is 134. The van der Waals surface area contributed by atoms with E-state index in [1.807, 2.05) is 0 Å². The second kappa shape index (κ2) is 32.9. The summed E-state index contributed by atoms with van der Waals surface area (Å²) in [5.41, 5.74) is -2.18. The number of urea groups is 1. The Hall–Kier alpha value is -6.20. The van der Waals surface area contributed by atoms with Gasteiger partial charge in [0.2, 0.25) is 11.8 Å². The van der Waals surface area contributed by atoms with Gasteiger partial charge in [0.15, 0.2) is 42.2 Å². The van der Waals surface area contributed by atoms with Crippen molar-refractivity contribution >= 4 is 59.6 Å². The van der Waals surface area contributed by atoms with Crippen LogP contribution in [0.25, 0.3) is 0 Å². The number of esters is 7. The first-order chi connectivity index (χ1) is 38.0. The molecule has 4 amide bonds. The topological polar surface area (TPSA) is 279 Å². The third-order valence-corrected chi connectivity index (χ3v) is 14.0. The molecule has 3 heterocycles. The Morgan fingerprint density at radius 2 is 0.863 bits per heavy atom. The van der Waals surface area contributed by atoms with Crippen LogP contribution in [0.2, 0.25) is 0 Å². The van der Waals surface area contributed by atoms with Crippen molar-refractivity contribution in [3.8, 4) is 5.75 Å². The van der Waals surface area contributed by atoms with Crippen molar-refractivity contribution in [1.29, 1.82) is 0 Å². The largest absolute Gasteiger partial charge is 0.494 e. The minimum atomic E-state index is -2.53. The Morgan fingerprint density at radius 3 is 1.30 bits per heavy atom. The molecule has 0 unspecified atom stereocenters. The van der Waals surface area contributed by atoms with Crippen molar-refractivity contribution in [2.45, 2.75) is 226 Å². The number of hydrogen-bond donors (Lipinski definition) is 0. The minimum Gasteiger partial charge on any atom is -0.494 e. The molecule has 3 aliphatic heterocycles. The van der Waals surface area contributed by atoms with Gasteiger partial charge in [0, 0.05) is 62.6 Å². The maximum absolute atomic E-state index is 15.0. The highest BCUT2D eigenvalue weighted by Gasteiger charge is 2.68. The third-order valence-electron chi connectivity index (χ3n) is 14.0. The molecule has 0 bridgehead atoms. The average molecular weight is 1130 g/mol. The van der Waals surface area contributed by atoms with Gasteiger partial charge in [-0.3, -0.25) is 53.0 Å². The second-order valence-corrected chi connectivity index (χ2v) is 20.7. The summed E-state index contributed by atoms with van der Waals surface area (Å²) in [5, 5.41) is 0. The molecule has 0 radical (unpaired) electrons.